The van der Waals surface area contributed by atoms with E-state index in [4.69, 9.17) is 4.74 Å². The van der Waals surface area contributed by atoms with E-state index < -0.39 is 30.2 Å². The first-order chi connectivity index (χ1) is 20.7. The van der Waals surface area contributed by atoms with E-state index >= 15 is 0 Å². The summed E-state index contributed by atoms with van der Waals surface area (Å²) in [5.41, 5.74) is 2.08. The maximum Gasteiger partial charge on any atom is 0.573 e. The van der Waals surface area contributed by atoms with Gasteiger partial charge in [-0.25, -0.2) is 4.79 Å². The molecule has 1 amide bonds. The minimum atomic E-state index is -4.81. The first kappa shape index (κ1) is 29.2. The molecular formula is C34H26F3NO5. The smallest absolute Gasteiger partial charge is 0.487 e. The van der Waals surface area contributed by atoms with E-state index in [0.29, 0.717) is 22.1 Å². The number of hydrogen-bond acceptors (Lipinski definition) is 4. The van der Waals surface area contributed by atoms with Crippen molar-refractivity contribution in [3.05, 3.63) is 144 Å². The number of alkyl halides is 3. The number of benzene rings is 5. The van der Waals surface area contributed by atoms with Gasteiger partial charge >= 0.3 is 12.3 Å². The molecule has 0 heterocycles. The first-order valence-electron chi connectivity index (χ1n) is 13.3. The molecule has 0 radical (unpaired) electrons. The van der Waals surface area contributed by atoms with Crippen molar-refractivity contribution >= 4 is 22.6 Å². The maximum absolute atomic E-state index is 13.8. The van der Waals surface area contributed by atoms with Crippen molar-refractivity contribution in [3.8, 4) is 11.5 Å². The number of carboxylic acids is 1. The van der Waals surface area contributed by atoms with Gasteiger partial charge in [0.15, 0.2) is 0 Å². The highest BCUT2D eigenvalue weighted by molar-refractivity contribution is 6.05. The van der Waals surface area contributed by atoms with E-state index in [1.807, 2.05) is 72.8 Å². The molecule has 1 atom stereocenters. The fourth-order valence-electron chi connectivity index (χ4n) is 4.92. The van der Waals surface area contributed by atoms with Crippen LogP contribution in [0.2, 0.25) is 0 Å². The van der Waals surface area contributed by atoms with Gasteiger partial charge in [0, 0.05) is 11.3 Å². The van der Waals surface area contributed by atoms with Crippen molar-refractivity contribution in [1.29, 1.82) is 0 Å². The fourth-order valence-corrected chi connectivity index (χ4v) is 4.92. The average molecular weight is 586 g/mol. The topological polar surface area (TPSA) is 84.9 Å². The molecule has 5 aromatic carbocycles. The lowest BCUT2D eigenvalue weighted by Crippen LogP contribution is -2.45. The second kappa shape index (κ2) is 12.7. The highest BCUT2D eigenvalue weighted by atomic mass is 19.4. The lowest BCUT2D eigenvalue weighted by Gasteiger charge is -2.26. The summed E-state index contributed by atoms with van der Waals surface area (Å²) in [5, 5.41) is 14.4. The summed E-state index contributed by atoms with van der Waals surface area (Å²) in [5.74, 6) is -2.71. The number of hydrogen-bond donors (Lipinski definition) is 2. The second-order valence-corrected chi connectivity index (χ2v) is 9.73. The number of halogens is 3. The molecule has 0 unspecified atom stereocenters. The van der Waals surface area contributed by atoms with Gasteiger partial charge in [-0.05, 0) is 40.3 Å². The highest BCUT2D eigenvalue weighted by Gasteiger charge is 2.33. The van der Waals surface area contributed by atoms with E-state index in [9.17, 15) is 27.9 Å². The number of rotatable bonds is 10. The van der Waals surface area contributed by atoms with E-state index in [0.717, 1.165) is 5.39 Å². The van der Waals surface area contributed by atoms with Crippen LogP contribution in [0.15, 0.2) is 121 Å². The molecule has 5 aromatic rings. The summed E-state index contributed by atoms with van der Waals surface area (Å²) in [7, 11) is 0. The predicted octanol–water partition coefficient (Wildman–Crippen LogP) is 7.33. The number of nitrogens with one attached hydrogen (secondary N) is 1. The van der Waals surface area contributed by atoms with Gasteiger partial charge in [0.05, 0.1) is 5.56 Å². The van der Waals surface area contributed by atoms with Crippen LogP contribution >= 0.6 is 0 Å². The number of aliphatic carboxylic acids is 1. The van der Waals surface area contributed by atoms with Gasteiger partial charge < -0.3 is 19.9 Å². The molecule has 0 aliphatic heterocycles. The van der Waals surface area contributed by atoms with Crippen LogP contribution in [-0.4, -0.2) is 29.4 Å². The quantitative estimate of drug-likeness (QED) is 0.179. The molecule has 0 spiro atoms. The van der Waals surface area contributed by atoms with Crippen molar-refractivity contribution < 1.29 is 37.3 Å². The summed E-state index contributed by atoms with van der Waals surface area (Å²) in [4.78, 5) is 26.5. The number of amides is 1. The van der Waals surface area contributed by atoms with Gasteiger partial charge in [0.2, 0.25) is 0 Å². The van der Waals surface area contributed by atoms with Crippen LogP contribution in [0.1, 0.15) is 33.0 Å². The Labute approximate surface area is 245 Å². The van der Waals surface area contributed by atoms with Gasteiger partial charge in [0.1, 0.15) is 24.1 Å². The molecular weight excluding hydrogens is 559 g/mol. The summed E-state index contributed by atoms with van der Waals surface area (Å²) < 4.78 is 47.6. The van der Waals surface area contributed by atoms with Gasteiger partial charge in [-0.2, -0.15) is 0 Å². The van der Waals surface area contributed by atoms with Crippen LogP contribution in [-0.2, 0) is 11.4 Å². The molecule has 0 saturated heterocycles. The molecule has 0 aliphatic rings. The third-order valence-corrected chi connectivity index (χ3v) is 6.87. The second-order valence-electron chi connectivity index (χ2n) is 9.73. The molecule has 9 heteroatoms. The first-order valence-corrected chi connectivity index (χ1v) is 13.3. The van der Waals surface area contributed by atoms with E-state index in [1.165, 1.54) is 24.3 Å². The largest absolute Gasteiger partial charge is 0.573 e. The molecule has 0 aliphatic carbocycles. The highest BCUT2D eigenvalue weighted by Crippen LogP contribution is 2.33. The molecule has 0 bridgehead atoms. The van der Waals surface area contributed by atoms with Gasteiger partial charge in [0.25, 0.3) is 5.91 Å². The summed E-state index contributed by atoms with van der Waals surface area (Å²) in [6.07, 6.45) is -4.81. The Kier molecular flexibility index (Phi) is 8.61. The Bertz CT molecular complexity index is 1670. The zero-order valence-corrected chi connectivity index (χ0v) is 22.6. The lowest BCUT2D eigenvalue weighted by molar-refractivity contribution is -0.274. The zero-order valence-electron chi connectivity index (χ0n) is 22.6. The maximum atomic E-state index is 13.8. The summed E-state index contributed by atoms with van der Waals surface area (Å²) in [6.45, 7) is -0.0698. The third-order valence-electron chi connectivity index (χ3n) is 6.87. The Hall–Kier alpha value is -5.31. The zero-order chi connectivity index (χ0) is 30.4. The molecule has 0 aromatic heterocycles. The van der Waals surface area contributed by atoms with Crippen molar-refractivity contribution in [1.82, 2.24) is 5.32 Å². The standard InChI is InChI=1S/C34H26F3NO5/c35-34(36,37)43-26-18-15-22(16-19-26)21-42-31-27-14-8-7-9-23(27)17-20-28(31)32(39)38-30(33(40)41)29(24-10-3-1-4-11-24)25-12-5-2-6-13-25/h1-20,29-30H,21H2,(H,38,39)(H,40,41)/t30-/m0/s1. The third kappa shape index (κ3) is 7.13. The number of carboxylic acid groups (broad SMARTS) is 1. The van der Waals surface area contributed by atoms with Crippen molar-refractivity contribution in [2.45, 2.75) is 24.9 Å². The van der Waals surface area contributed by atoms with Crippen molar-refractivity contribution in [2.75, 3.05) is 0 Å². The lowest BCUT2D eigenvalue weighted by atomic mass is 9.84. The Morgan fingerprint density at radius 1 is 0.744 bits per heavy atom. The fraction of sp³-hybridized carbons (Fsp3) is 0.118. The van der Waals surface area contributed by atoms with Crippen LogP contribution in [0.5, 0.6) is 11.5 Å². The Morgan fingerprint density at radius 2 is 1.33 bits per heavy atom. The number of fused-ring (bicyclic) bond motifs is 1. The molecule has 2 N–H and O–H groups in total. The van der Waals surface area contributed by atoms with Crippen LogP contribution in [0.25, 0.3) is 10.8 Å². The summed E-state index contributed by atoms with van der Waals surface area (Å²) in [6, 6.07) is 32.6. The normalized spacial score (nSPS) is 12.1. The Morgan fingerprint density at radius 3 is 1.91 bits per heavy atom. The SMILES string of the molecule is O=C(N[C@H](C(=O)O)C(c1ccccc1)c1ccccc1)c1ccc2ccccc2c1OCc1ccc(OC(F)(F)F)cc1. The average Bonchev–Trinajstić information content (AvgIpc) is 3.00. The Balaban J connectivity index is 1.46. The number of carbonyl (C=O) groups excluding carboxylic acids is 1. The predicted molar refractivity (Wildman–Crippen MR) is 155 cm³/mol. The molecule has 6 nitrogen and oxygen atoms in total. The van der Waals surface area contributed by atoms with Gasteiger partial charge in [-0.3, -0.25) is 4.79 Å². The molecule has 0 saturated carbocycles. The van der Waals surface area contributed by atoms with Crippen LogP contribution < -0.4 is 14.8 Å². The van der Waals surface area contributed by atoms with Crippen LogP contribution in [0, 0.1) is 0 Å². The molecule has 43 heavy (non-hydrogen) atoms. The minimum absolute atomic E-state index is 0.0698. The van der Waals surface area contributed by atoms with Crippen LogP contribution in [0.3, 0.4) is 0 Å². The van der Waals surface area contributed by atoms with Gasteiger partial charge in [-0.1, -0.05) is 103 Å². The van der Waals surface area contributed by atoms with Crippen molar-refractivity contribution in [2.24, 2.45) is 0 Å². The van der Waals surface area contributed by atoms with E-state index in [2.05, 4.69) is 10.1 Å². The molecule has 5 rings (SSSR count). The van der Waals surface area contributed by atoms with Crippen LogP contribution in [0.4, 0.5) is 13.2 Å². The molecule has 218 valence electrons. The monoisotopic (exact) mass is 585 g/mol. The van der Waals surface area contributed by atoms with E-state index in [1.54, 1.807) is 24.3 Å². The van der Waals surface area contributed by atoms with Crippen molar-refractivity contribution in [3.63, 3.8) is 0 Å². The number of ether oxygens (including phenoxy) is 2. The minimum Gasteiger partial charge on any atom is -0.487 e. The van der Waals surface area contributed by atoms with Gasteiger partial charge in [-0.15, -0.1) is 13.2 Å². The molecule has 0 fully saturated rings. The van der Waals surface area contributed by atoms with E-state index in [-0.39, 0.29) is 23.7 Å². The summed E-state index contributed by atoms with van der Waals surface area (Å²) >= 11 is 0. The number of carbonyl (C=O) groups is 2.